The van der Waals surface area contributed by atoms with Gasteiger partial charge in [0.25, 0.3) is 33.4 Å². The molecule has 5 N–H and O–H groups in total. The van der Waals surface area contributed by atoms with Gasteiger partial charge in [0, 0.05) is 69.3 Å². The number of anilines is 4. The van der Waals surface area contributed by atoms with E-state index in [4.69, 9.17) is 45.3 Å². The molecule has 10 aromatic carbocycles. The first kappa shape index (κ1) is 75.0. The van der Waals surface area contributed by atoms with Crippen LogP contribution in [0.2, 0.25) is 0 Å². The topological polar surface area (TPSA) is 276 Å². The van der Waals surface area contributed by atoms with Gasteiger partial charge < -0.3 is 31.3 Å². The first-order chi connectivity index (χ1) is 48.0. The van der Waals surface area contributed by atoms with Crippen LogP contribution in [0.25, 0.3) is 0 Å². The molecule has 0 atom stereocenters. The zero-order chi connectivity index (χ0) is 70.6. The number of ether oxygens (including phenoxy) is 1. The summed E-state index contributed by atoms with van der Waals surface area (Å²) in [7, 11) is 0. The van der Waals surface area contributed by atoms with Crippen LogP contribution in [0.3, 0.4) is 0 Å². The van der Waals surface area contributed by atoms with E-state index in [2.05, 4.69) is 82.5 Å². The smallest absolute Gasteiger partial charge is 0.255 e. The first-order valence-corrected chi connectivity index (χ1v) is 32.3. The summed E-state index contributed by atoms with van der Waals surface area (Å²) in [6.07, 6.45) is 2.56. The Morgan fingerprint density at radius 1 is 0.333 bits per heavy atom. The molecule has 1 aliphatic rings. The highest BCUT2D eigenvalue weighted by Gasteiger charge is 2.19. The standard InChI is InChI=1S/C45H33N9O3.C12H11N3.C9H3Cl3O3.C6H15N.C4H8O/c55-43(46-34-16-22-40(23-17-34)52-49-37-10-4-1-5-11-37)31-28-32(44(56)47-35-18-24-41(25-19-35)53-50-38-12-6-2-7-13-38)30-33(29-31)45(57)48-36-20-26-42(27-21-36)54-51-39-14-8-3-9-15-39;13-10-6-8-12(9-7-10)15-14-11-4-2-1-3-5-11;10-7(13)4-1-5(8(11)14)3-6(2-4)9(12)15;1-4-7(5-2)6-3;1-2-4-5-3-1/h1-30H,(H,46,55)(H,47,56)(H,48,57);1-9H,13H2;1-3H;4-6H2,1-3H3;1-4H2. The van der Waals surface area contributed by atoms with E-state index >= 15 is 0 Å². The molecule has 1 heterocycles. The van der Waals surface area contributed by atoms with Crippen LogP contribution in [0.4, 0.5) is 68.2 Å². The van der Waals surface area contributed by atoms with Gasteiger partial charge in [-0.25, -0.2) is 0 Å². The second-order valence-electron chi connectivity index (χ2n) is 21.1. The van der Waals surface area contributed by atoms with Crippen molar-refractivity contribution < 1.29 is 33.5 Å². The van der Waals surface area contributed by atoms with Crippen LogP contribution >= 0.6 is 34.8 Å². The Kier molecular flexibility index (Phi) is 31.0. The lowest BCUT2D eigenvalue weighted by Crippen LogP contribution is -2.21. The normalized spacial score (nSPS) is 11.5. The second kappa shape index (κ2) is 40.9. The molecule has 20 nitrogen and oxygen atoms in total. The number of hydrogen-bond donors (Lipinski definition) is 4. The number of rotatable bonds is 20. The Hall–Kier alpha value is -11.4. The molecule has 0 aromatic heterocycles. The Labute approximate surface area is 588 Å². The van der Waals surface area contributed by atoms with Gasteiger partial charge in [-0.3, -0.25) is 28.8 Å². The number of amides is 3. The van der Waals surface area contributed by atoms with Gasteiger partial charge in [0.2, 0.25) is 0 Å². The van der Waals surface area contributed by atoms with Crippen LogP contribution in [0.5, 0.6) is 0 Å². The molecule has 1 aliphatic heterocycles. The molecule has 1 fully saturated rings. The first-order valence-electron chi connectivity index (χ1n) is 31.2. The zero-order valence-corrected chi connectivity index (χ0v) is 56.6. The fourth-order valence-corrected chi connectivity index (χ4v) is 8.92. The highest BCUT2D eigenvalue weighted by Crippen LogP contribution is 2.26. The Bertz CT molecular complexity index is 3970. The van der Waals surface area contributed by atoms with E-state index in [9.17, 15) is 28.8 Å². The summed E-state index contributed by atoms with van der Waals surface area (Å²) in [5.41, 5.74) is 13.5. The van der Waals surface area contributed by atoms with Gasteiger partial charge in [0.05, 0.1) is 45.5 Å². The Balaban J connectivity index is 0.000000261. The van der Waals surface area contributed by atoms with Crippen LogP contribution in [0.15, 0.2) is 296 Å². The van der Waals surface area contributed by atoms with Crippen molar-refractivity contribution in [3.05, 3.63) is 288 Å². The van der Waals surface area contributed by atoms with Crippen LogP contribution in [0.1, 0.15) is 95.8 Å². The summed E-state index contributed by atoms with van der Waals surface area (Å²) in [6.45, 7) is 12.1. The fourth-order valence-electron chi connectivity index (χ4n) is 8.60. The summed E-state index contributed by atoms with van der Waals surface area (Å²) in [4.78, 5) is 75.8. The van der Waals surface area contributed by atoms with Gasteiger partial charge in [-0.1, -0.05) is 93.6 Å². The lowest BCUT2D eigenvalue weighted by atomic mass is 10.0. The number of hydrogen-bond acceptors (Lipinski definition) is 17. The molecule has 11 rings (SSSR count). The summed E-state index contributed by atoms with van der Waals surface area (Å²) < 4.78 is 4.94. The third-order valence-corrected chi connectivity index (χ3v) is 14.6. The number of carbonyl (C=O) groups excluding carboxylic acids is 6. The molecule has 502 valence electrons. The highest BCUT2D eigenvalue weighted by atomic mass is 35.5. The minimum atomic E-state index is -0.797. The largest absolute Gasteiger partial charge is 0.399 e. The maximum Gasteiger partial charge on any atom is 0.255 e. The number of nitrogen functional groups attached to an aromatic ring is 1. The van der Waals surface area contributed by atoms with Gasteiger partial charge >= 0.3 is 0 Å². The van der Waals surface area contributed by atoms with E-state index in [1.54, 1.807) is 84.9 Å². The molecule has 0 radical (unpaired) electrons. The average Bonchev–Trinajstić information content (AvgIpc) is 0.886. The van der Waals surface area contributed by atoms with Gasteiger partial charge in [0.1, 0.15) is 0 Å². The van der Waals surface area contributed by atoms with Crippen LogP contribution in [-0.4, -0.2) is 71.2 Å². The molecule has 23 heteroatoms. The molecule has 0 bridgehead atoms. The summed E-state index contributed by atoms with van der Waals surface area (Å²) in [5.74, 6) is -1.59. The van der Waals surface area contributed by atoms with Crippen molar-refractivity contribution in [3.8, 4) is 0 Å². The van der Waals surface area contributed by atoms with Gasteiger partial charge in [-0.05, 0) is 249 Å². The number of nitrogens with two attached hydrogens (primary N) is 1. The second-order valence-corrected chi connectivity index (χ2v) is 22.1. The molecule has 0 unspecified atom stereocenters. The zero-order valence-electron chi connectivity index (χ0n) is 54.3. The van der Waals surface area contributed by atoms with Crippen molar-refractivity contribution in [3.63, 3.8) is 0 Å². The summed E-state index contributed by atoms with van der Waals surface area (Å²) >= 11 is 15.6. The van der Waals surface area contributed by atoms with Crippen molar-refractivity contribution in [1.82, 2.24) is 4.90 Å². The molecule has 99 heavy (non-hydrogen) atoms. The maximum atomic E-state index is 13.6. The number of carbonyl (C=O) groups is 6. The lowest BCUT2D eigenvalue weighted by molar-refractivity contribution is 0.102. The number of azo groups is 4. The monoisotopic (exact) mass is 1380 g/mol. The van der Waals surface area contributed by atoms with E-state index in [0.717, 1.165) is 30.3 Å². The lowest BCUT2D eigenvalue weighted by Gasteiger charge is -2.13. The molecule has 10 aromatic rings. The molecule has 0 spiro atoms. The number of nitrogens with zero attached hydrogens (tertiary/aromatic N) is 9. The molecule has 0 saturated carbocycles. The molecule has 1 saturated heterocycles. The van der Waals surface area contributed by atoms with E-state index in [0.29, 0.717) is 51.2 Å². The molecular formula is C76H70Cl3N13O7. The predicted octanol–water partition coefficient (Wildman–Crippen LogP) is 21.3. The quantitative estimate of drug-likeness (QED) is 0.0320. The van der Waals surface area contributed by atoms with E-state index in [1.807, 2.05) is 133 Å². The van der Waals surface area contributed by atoms with E-state index < -0.39 is 33.4 Å². The Morgan fingerprint density at radius 3 is 0.737 bits per heavy atom. The molecular weight excluding hydrogens is 1310 g/mol. The third kappa shape index (κ3) is 27.0. The van der Waals surface area contributed by atoms with Gasteiger partial charge in [0.15, 0.2) is 0 Å². The third-order valence-electron chi connectivity index (χ3n) is 13.9. The summed E-state index contributed by atoms with van der Waals surface area (Å²) in [5, 5.41) is 39.7. The van der Waals surface area contributed by atoms with Crippen molar-refractivity contribution in [1.29, 1.82) is 0 Å². The van der Waals surface area contributed by atoms with Crippen molar-refractivity contribution in [2.75, 3.05) is 54.5 Å². The number of benzene rings is 10. The van der Waals surface area contributed by atoms with Gasteiger partial charge in [-0.2, -0.15) is 40.9 Å². The van der Waals surface area contributed by atoms with Crippen molar-refractivity contribution in [2.45, 2.75) is 33.6 Å². The minimum absolute atomic E-state index is 0.00725. The van der Waals surface area contributed by atoms with Crippen LogP contribution in [-0.2, 0) is 4.74 Å². The average molecular weight is 1380 g/mol. The van der Waals surface area contributed by atoms with Crippen molar-refractivity contribution in [2.24, 2.45) is 40.9 Å². The minimum Gasteiger partial charge on any atom is -0.399 e. The van der Waals surface area contributed by atoms with Crippen LogP contribution in [0, 0.1) is 0 Å². The molecule has 3 amide bonds. The predicted molar refractivity (Wildman–Crippen MR) is 393 cm³/mol. The van der Waals surface area contributed by atoms with E-state index in [1.165, 1.54) is 68.9 Å². The SMILES string of the molecule is C1CCOC1.CCN(CC)CC.Nc1ccc(N=Nc2ccccc2)cc1.O=C(Cl)c1cc(C(=O)Cl)cc(C(=O)Cl)c1.O=C(Nc1ccc(N=Nc2ccccc2)cc1)c1cc(C(=O)Nc2ccc(N=Nc3ccccc3)cc2)cc(C(=O)Nc2ccc(N=Nc3ccccc3)cc2)c1. The number of nitrogens with one attached hydrogen (secondary N) is 3. The maximum absolute atomic E-state index is 13.6. The van der Waals surface area contributed by atoms with Crippen LogP contribution < -0.4 is 21.7 Å². The highest BCUT2D eigenvalue weighted by molar-refractivity contribution is 6.70. The van der Waals surface area contributed by atoms with Gasteiger partial charge in [-0.15, -0.1) is 0 Å². The summed E-state index contributed by atoms with van der Waals surface area (Å²) in [6, 6.07) is 73.1. The molecule has 0 aliphatic carbocycles. The van der Waals surface area contributed by atoms with Crippen molar-refractivity contribution >= 4 is 137 Å². The number of halogens is 3. The fraction of sp³-hybridized carbons (Fsp3) is 0.132. The Morgan fingerprint density at radius 2 is 0.545 bits per heavy atom. The van der Waals surface area contributed by atoms with E-state index in [-0.39, 0.29) is 33.4 Å².